The molecular weight excluding hydrogens is 522 g/mol. The zero-order chi connectivity index (χ0) is 29.9. The van der Waals surface area contributed by atoms with Gasteiger partial charge in [-0.1, -0.05) is 63.2 Å². The van der Waals surface area contributed by atoms with Crippen LogP contribution in [0.2, 0.25) is 0 Å². The van der Waals surface area contributed by atoms with Crippen LogP contribution in [-0.2, 0) is 11.3 Å². The van der Waals surface area contributed by atoms with E-state index in [1.807, 2.05) is 54.3 Å². The summed E-state index contributed by atoms with van der Waals surface area (Å²) >= 11 is 0. The number of ether oxygens (including phenoxy) is 2. The molecule has 0 aliphatic heterocycles. The summed E-state index contributed by atoms with van der Waals surface area (Å²) in [4.78, 5) is 24.9. The van der Waals surface area contributed by atoms with Gasteiger partial charge in [-0.2, -0.15) is 0 Å². The number of hydrogen-bond donors (Lipinski definition) is 0. The number of fused-ring (bicyclic) bond motifs is 1. The normalized spacial score (nSPS) is 11.4. The van der Waals surface area contributed by atoms with Crippen LogP contribution in [0.3, 0.4) is 0 Å². The molecule has 42 heavy (non-hydrogen) atoms. The molecule has 0 radical (unpaired) electrons. The van der Waals surface area contributed by atoms with E-state index in [2.05, 4.69) is 68.2 Å². The van der Waals surface area contributed by atoms with Gasteiger partial charge in [-0.25, -0.2) is 9.97 Å². The van der Waals surface area contributed by atoms with Crippen LogP contribution in [0, 0.1) is 12.3 Å². The maximum Gasteiger partial charge on any atom is 0.229 e. The fourth-order valence-corrected chi connectivity index (χ4v) is 5.10. The highest BCUT2D eigenvalue weighted by molar-refractivity contribution is 6.03. The highest BCUT2D eigenvalue weighted by Crippen LogP contribution is 2.33. The molecule has 5 rings (SSSR count). The number of aromatic nitrogens is 2. The number of aryl methyl sites for hydroxylation is 1. The number of methoxy groups -OCH3 is 2. The van der Waals surface area contributed by atoms with Crippen molar-refractivity contribution in [3.8, 4) is 34.0 Å². The number of nitrogens with zero attached hydrogens (tertiary/aromatic N) is 3. The van der Waals surface area contributed by atoms with E-state index in [4.69, 9.17) is 14.5 Å². The summed E-state index contributed by atoms with van der Waals surface area (Å²) in [6.45, 7) is 8.71. The quantitative estimate of drug-likeness (QED) is 0.191. The van der Waals surface area contributed by atoms with Gasteiger partial charge in [-0.3, -0.25) is 9.69 Å². The minimum Gasteiger partial charge on any atom is -0.496 e. The Balaban J connectivity index is 1.49. The second-order valence-corrected chi connectivity index (χ2v) is 11.7. The van der Waals surface area contributed by atoms with Crippen molar-refractivity contribution in [2.45, 2.75) is 40.7 Å². The van der Waals surface area contributed by atoms with E-state index in [0.717, 1.165) is 50.0 Å². The van der Waals surface area contributed by atoms with Gasteiger partial charge in [-0.05, 0) is 76.4 Å². The average Bonchev–Trinajstić information content (AvgIpc) is 2.98. The molecule has 2 heterocycles. The number of carbonyl (C=O) groups is 1. The second-order valence-electron chi connectivity index (χ2n) is 11.7. The van der Waals surface area contributed by atoms with Crippen LogP contribution in [0.15, 0.2) is 91.1 Å². The summed E-state index contributed by atoms with van der Waals surface area (Å²) in [6, 6.07) is 28.4. The van der Waals surface area contributed by atoms with Crippen LogP contribution < -0.4 is 14.4 Å². The Morgan fingerprint density at radius 1 is 0.833 bits per heavy atom. The van der Waals surface area contributed by atoms with Gasteiger partial charge < -0.3 is 9.47 Å². The molecule has 0 bridgehead atoms. The Kier molecular flexibility index (Phi) is 8.25. The van der Waals surface area contributed by atoms with Gasteiger partial charge in [-0.15, -0.1) is 0 Å². The minimum atomic E-state index is -0.165. The van der Waals surface area contributed by atoms with E-state index in [0.29, 0.717) is 24.7 Å². The molecule has 0 saturated carbocycles. The summed E-state index contributed by atoms with van der Waals surface area (Å²) < 4.78 is 10.7. The van der Waals surface area contributed by atoms with Gasteiger partial charge in [0.25, 0.3) is 0 Å². The summed E-state index contributed by atoms with van der Waals surface area (Å²) in [5.41, 5.74) is 5.98. The molecule has 0 atom stereocenters. The molecule has 5 aromatic rings. The van der Waals surface area contributed by atoms with Crippen LogP contribution in [0.1, 0.15) is 38.3 Å². The highest BCUT2D eigenvalue weighted by Gasteiger charge is 2.25. The molecular formula is C36H37N3O3. The average molecular weight is 560 g/mol. The lowest BCUT2D eigenvalue weighted by molar-refractivity contribution is -0.120. The lowest BCUT2D eigenvalue weighted by Crippen LogP contribution is -2.34. The third kappa shape index (κ3) is 6.44. The summed E-state index contributed by atoms with van der Waals surface area (Å²) in [5, 5.41) is 1.90. The molecule has 6 heteroatoms. The molecule has 6 nitrogen and oxygen atoms in total. The van der Waals surface area contributed by atoms with Crippen molar-refractivity contribution in [3.05, 3.63) is 102 Å². The van der Waals surface area contributed by atoms with E-state index in [-0.39, 0.29) is 11.3 Å². The first-order chi connectivity index (χ1) is 20.1. The molecule has 0 aliphatic rings. The van der Waals surface area contributed by atoms with Crippen LogP contribution in [0.25, 0.3) is 33.2 Å². The third-order valence-corrected chi connectivity index (χ3v) is 7.23. The number of benzene rings is 3. The first-order valence-electron chi connectivity index (χ1n) is 14.1. The van der Waals surface area contributed by atoms with E-state index in [1.54, 1.807) is 20.4 Å². The van der Waals surface area contributed by atoms with Crippen molar-refractivity contribution in [2.24, 2.45) is 5.41 Å². The summed E-state index contributed by atoms with van der Waals surface area (Å²) in [6.07, 6.45) is 2.17. The molecule has 0 fully saturated rings. The number of rotatable bonds is 8. The lowest BCUT2D eigenvalue weighted by Gasteiger charge is -2.27. The highest BCUT2D eigenvalue weighted by atomic mass is 16.5. The maximum atomic E-state index is 13.8. The second kappa shape index (κ2) is 12.0. The summed E-state index contributed by atoms with van der Waals surface area (Å²) in [7, 11) is 3.30. The van der Waals surface area contributed by atoms with Gasteiger partial charge in [0.05, 0.1) is 26.5 Å². The van der Waals surface area contributed by atoms with E-state index < -0.39 is 0 Å². The predicted molar refractivity (Wildman–Crippen MR) is 170 cm³/mol. The zero-order valence-corrected chi connectivity index (χ0v) is 25.1. The number of carbonyl (C=O) groups excluding carboxylic acids is 1. The molecule has 0 aliphatic carbocycles. The Hall–Kier alpha value is -4.71. The SMILES string of the molecule is COc1cccc(-c2ccc3c(N(Cc4ccc(-c5ccc(OC)c(C)c5)cc4)C(=O)CC(C)(C)C)nccc3c2)n1. The molecule has 0 spiro atoms. The van der Waals surface area contributed by atoms with Crippen molar-refractivity contribution < 1.29 is 14.3 Å². The van der Waals surface area contributed by atoms with Crippen molar-refractivity contribution in [1.82, 2.24) is 9.97 Å². The number of amides is 1. The van der Waals surface area contributed by atoms with Crippen molar-refractivity contribution in [1.29, 1.82) is 0 Å². The molecule has 0 unspecified atom stereocenters. The number of hydrogen-bond acceptors (Lipinski definition) is 5. The zero-order valence-electron chi connectivity index (χ0n) is 25.1. The van der Waals surface area contributed by atoms with Crippen molar-refractivity contribution >= 4 is 22.5 Å². The van der Waals surface area contributed by atoms with Crippen molar-refractivity contribution in [3.63, 3.8) is 0 Å². The van der Waals surface area contributed by atoms with Gasteiger partial charge in [0.1, 0.15) is 11.6 Å². The number of pyridine rings is 2. The molecule has 1 amide bonds. The number of anilines is 1. The van der Waals surface area contributed by atoms with Crippen LogP contribution in [0.4, 0.5) is 5.82 Å². The third-order valence-electron chi connectivity index (χ3n) is 7.23. The van der Waals surface area contributed by atoms with Crippen molar-refractivity contribution in [2.75, 3.05) is 19.1 Å². The predicted octanol–water partition coefficient (Wildman–Crippen LogP) is 8.26. The van der Waals surface area contributed by atoms with E-state index in [1.165, 1.54) is 0 Å². The topological polar surface area (TPSA) is 64.6 Å². The molecule has 0 saturated heterocycles. The van der Waals surface area contributed by atoms with Crippen LogP contribution >= 0.6 is 0 Å². The Labute approximate surface area is 248 Å². The monoisotopic (exact) mass is 559 g/mol. The van der Waals surface area contributed by atoms with E-state index in [9.17, 15) is 4.79 Å². The van der Waals surface area contributed by atoms with Crippen LogP contribution in [-0.4, -0.2) is 30.1 Å². The smallest absolute Gasteiger partial charge is 0.229 e. The van der Waals surface area contributed by atoms with Crippen LogP contribution in [0.5, 0.6) is 11.6 Å². The first-order valence-corrected chi connectivity index (χ1v) is 14.1. The molecule has 214 valence electrons. The van der Waals surface area contributed by atoms with Gasteiger partial charge in [0.2, 0.25) is 11.8 Å². The Morgan fingerprint density at radius 2 is 1.57 bits per heavy atom. The standard InChI is InChI=1S/C36H37N3O3/c1-24-20-27(15-17-32(24)41-5)26-12-10-25(11-13-26)23-39(34(40)22-36(2,3)4)35-30-16-14-29(21-28(30)18-19-37-35)31-8-7-9-33(38-31)42-6/h7-21H,22-23H2,1-6H3. The van der Waals surface area contributed by atoms with E-state index >= 15 is 0 Å². The molecule has 3 aromatic carbocycles. The fraction of sp³-hybridized carbons (Fsp3) is 0.250. The molecule has 0 N–H and O–H groups in total. The largest absolute Gasteiger partial charge is 0.496 e. The lowest BCUT2D eigenvalue weighted by atomic mass is 9.91. The maximum absolute atomic E-state index is 13.8. The minimum absolute atomic E-state index is 0.0379. The first kappa shape index (κ1) is 28.8. The Morgan fingerprint density at radius 3 is 2.26 bits per heavy atom. The fourth-order valence-electron chi connectivity index (χ4n) is 5.10. The van der Waals surface area contributed by atoms with Gasteiger partial charge >= 0.3 is 0 Å². The molecule has 2 aromatic heterocycles. The Bertz CT molecular complexity index is 1720. The van der Waals surface area contributed by atoms with Gasteiger partial charge in [0.15, 0.2) is 0 Å². The summed E-state index contributed by atoms with van der Waals surface area (Å²) in [5.74, 6) is 2.13. The van der Waals surface area contributed by atoms with Gasteiger partial charge in [0, 0.05) is 29.6 Å².